The van der Waals surface area contributed by atoms with Crippen LogP contribution in [0.1, 0.15) is 20.8 Å². The van der Waals surface area contributed by atoms with E-state index in [1.807, 2.05) is 0 Å². The second-order valence-corrected chi connectivity index (χ2v) is 5.98. The van der Waals surface area contributed by atoms with Crippen molar-refractivity contribution < 1.29 is 54.6 Å². The summed E-state index contributed by atoms with van der Waals surface area (Å²) in [6.07, 6.45) is -8.20. The number of ether oxygens (including phenoxy) is 1. The van der Waals surface area contributed by atoms with Gasteiger partial charge >= 0.3 is 36.1 Å². The highest BCUT2D eigenvalue weighted by molar-refractivity contribution is 5.90. The molecule has 1 atom stereocenters. The van der Waals surface area contributed by atoms with E-state index in [0.29, 0.717) is 0 Å². The first kappa shape index (κ1) is 23.1. The minimum absolute atomic E-state index is 0.0700. The van der Waals surface area contributed by atoms with Crippen molar-refractivity contribution in [3.05, 3.63) is 12.2 Å². The lowest BCUT2D eigenvalue weighted by Crippen LogP contribution is -2.64. The van der Waals surface area contributed by atoms with Gasteiger partial charge in [-0.15, -0.1) is 0 Å². The zero-order valence-electron chi connectivity index (χ0n) is 13.0. The highest BCUT2D eigenvalue weighted by Crippen LogP contribution is 2.53. The van der Waals surface area contributed by atoms with E-state index >= 15 is 0 Å². The topological polar surface area (TPSA) is 63.6 Å². The van der Waals surface area contributed by atoms with Crippen molar-refractivity contribution in [1.29, 1.82) is 0 Å². The zero-order chi connectivity index (χ0) is 20.4. The van der Waals surface area contributed by atoms with Gasteiger partial charge in [0, 0.05) is 17.6 Å². The lowest BCUT2D eigenvalue weighted by atomic mass is 9.81. The molecule has 146 valence electrons. The largest absolute Gasteiger partial charge is 0.478 e. The predicted octanol–water partition coefficient (Wildman–Crippen LogP) is 3.76. The standard InChI is InChI=1S/C13H14F8O4/c1-10(2,3)8(25-7(24)5-4-6(22)23)11(16,17)13(20,21)12(18,19)9(14)15/h4-5,8-9H,1-3H3,(H,22,23)/b5-4+. The van der Waals surface area contributed by atoms with Crippen LogP contribution in [0.15, 0.2) is 12.2 Å². The molecule has 0 aromatic rings. The number of hydrogen-bond acceptors (Lipinski definition) is 3. The summed E-state index contributed by atoms with van der Waals surface area (Å²) in [6.45, 7) is 2.41. The first-order valence-electron chi connectivity index (χ1n) is 6.42. The van der Waals surface area contributed by atoms with E-state index in [2.05, 4.69) is 4.74 Å². The van der Waals surface area contributed by atoms with Crippen LogP contribution >= 0.6 is 0 Å². The van der Waals surface area contributed by atoms with E-state index < -0.39 is 47.7 Å². The average Bonchev–Trinajstić information content (AvgIpc) is 2.40. The van der Waals surface area contributed by atoms with Gasteiger partial charge in [-0.25, -0.2) is 18.4 Å². The van der Waals surface area contributed by atoms with Gasteiger partial charge in [0.1, 0.15) is 0 Å². The molecule has 1 N–H and O–H groups in total. The summed E-state index contributed by atoms with van der Waals surface area (Å²) in [5.41, 5.74) is -2.10. The predicted molar refractivity (Wildman–Crippen MR) is 67.0 cm³/mol. The Balaban J connectivity index is 5.96. The summed E-state index contributed by atoms with van der Waals surface area (Å²) in [6, 6.07) is 0. The number of aliphatic carboxylic acids is 1. The van der Waals surface area contributed by atoms with Crippen LogP contribution in [0.3, 0.4) is 0 Å². The van der Waals surface area contributed by atoms with Crippen molar-refractivity contribution in [2.45, 2.75) is 51.1 Å². The molecule has 0 aromatic carbocycles. The molecule has 25 heavy (non-hydrogen) atoms. The Hall–Kier alpha value is -1.88. The Morgan fingerprint density at radius 3 is 1.68 bits per heavy atom. The first-order chi connectivity index (χ1) is 10.9. The third kappa shape index (κ3) is 4.82. The van der Waals surface area contributed by atoms with E-state index in [-0.39, 0.29) is 12.2 Å². The van der Waals surface area contributed by atoms with Crippen molar-refractivity contribution >= 4 is 11.9 Å². The van der Waals surface area contributed by atoms with Gasteiger partial charge in [0.05, 0.1) is 0 Å². The highest BCUT2D eigenvalue weighted by atomic mass is 19.4. The summed E-state index contributed by atoms with van der Waals surface area (Å²) in [7, 11) is 0. The van der Waals surface area contributed by atoms with Crippen molar-refractivity contribution in [2.75, 3.05) is 0 Å². The number of carbonyl (C=O) groups is 2. The molecule has 0 saturated heterocycles. The number of rotatable bonds is 7. The molecule has 0 spiro atoms. The third-order valence-electron chi connectivity index (χ3n) is 2.82. The van der Waals surface area contributed by atoms with Crippen LogP contribution in [0.2, 0.25) is 0 Å². The van der Waals surface area contributed by atoms with Gasteiger partial charge < -0.3 is 9.84 Å². The molecular weight excluding hydrogens is 372 g/mol. The number of carboxylic acid groups (broad SMARTS) is 1. The summed E-state index contributed by atoms with van der Waals surface area (Å²) in [5, 5.41) is 8.27. The maximum Gasteiger partial charge on any atom is 0.381 e. The fourth-order valence-electron chi connectivity index (χ4n) is 1.61. The minimum atomic E-state index is -6.57. The quantitative estimate of drug-likeness (QED) is 0.411. The molecule has 0 aliphatic carbocycles. The molecule has 0 fully saturated rings. The van der Waals surface area contributed by atoms with E-state index in [1.165, 1.54) is 0 Å². The number of carboxylic acids is 1. The first-order valence-corrected chi connectivity index (χ1v) is 6.42. The monoisotopic (exact) mass is 386 g/mol. The molecule has 12 heteroatoms. The molecule has 0 saturated carbocycles. The van der Waals surface area contributed by atoms with Crippen molar-refractivity contribution in [2.24, 2.45) is 5.41 Å². The summed E-state index contributed by atoms with van der Waals surface area (Å²) in [5.74, 6) is -22.5. The van der Waals surface area contributed by atoms with Gasteiger partial charge in [-0.05, 0) is 0 Å². The van der Waals surface area contributed by atoms with E-state index in [4.69, 9.17) is 5.11 Å². The average molecular weight is 386 g/mol. The Kier molecular flexibility index (Phi) is 6.62. The van der Waals surface area contributed by atoms with Crippen LogP contribution in [0.5, 0.6) is 0 Å². The fraction of sp³-hybridized carbons (Fsp3) is 0.692. The Morgan fingerprint density at radius 2 is 1.36 bits per heavy atom. The molecule has 1 unspecified atom stereocenters. The fourth-order valence-corrected chi connectivity index (χ4v) is 1.61. The number of hydrogen-bond donors (Lipinski definition) is 1. The lowest BCUT2D eigenvalue weighted by Gasteiger charge is -2.41. The SMILES string of the molecule is CC(C)(C)C(OC(=O)/C=C/C(=O)O)C(F)(F)C(F)(F)C(F)(F)C(F)F. The Bertz CT molecular complexity index is 537. The van der Waals surface area contributed by atoms with Crippen LogP contribution in [0.25, 0.3) is 0 Å². The molecule has 4 nitrogen and oxygen atoms in total. The zero-order valence-corrected chi connectivity index (χ0v) is 13.0. The summed E-state index contributed by atoms with van der Waals surface area (Å²) < 4.78 is 109. The Labute approximate surface area is 136 Å². The maximum atomic E-state index is 14.0. The molecule has 0 aromatic heterocycles. The number of halogens is 8. The van der Waals surface area contributed by atoms with Gasteiger partial charge in [-0.3, -0.25) is 0 Å². The van der Waals surface area contributed by atoms with Gasteiger partial charge in [-0.1, -0.05) is 20.8 Å². The third-order valence-corrected chi connectivity index (χ3v) is 2.82. The number of esters is 1. The second-order valence-electron chi connectivity index (χ2n) is 5.98. The van der Waals surface area contributed by atoms with Gasteiger partial charge in [-0.2, -0.15) is 26.3 Å². The molecule has 0 amide bonds. The van der Waals surface area contributed by atoms with E-state index in [9.17, 15) is 44.7 Å². The highest BCUT2D eigenvalue weighted by Gasteiger charge is 2.79. The molecule has 0 aliphatic rings. The van der Waals surface area contributed by atoms with E-state index in [1.54, 1.807) is 0 Å². The molecule has 0 radical (unpaired) electrons. The number of carbonyl (C=O) groups excluding carboxylic acids is 1. The van der Waals surface area contributed by atoms with Gasteiger partial charge in [0.15, 0.2) is 6.10 Å². The van der Waals surface area contributed by atoms with Crippen molar-refractivity contribution in [3.8, 4) is 0 Å². The normalized spacial score (nSPS) is 15.5. The molecule has 0 rings (SSSR count). The minimum Gasteiger partial charge on any atom is -0.478 e. The molecule has 0 aliphatic heterocycles. The summed E-state index contributed by atoms with van der Waals surface area (Å²) >= 11 is 0. The van der Waals surface area contributed by atoms with Crippen LogP contribution < -0.4 is 0 Å². The smallest absolute Gasteiger partial charge is 0.381 e. The lowest BCUT2D eigenvalue weighted by molar-refractivity contribution is -0.363. The van der Waals surface area contributed by atoms with Gasteiger partial charge in [0.2, 0.25) is 0 Å². The molecular formula is C13H14F8O4. The summed E-state index contributed by atoms with van der Waals surface area (Å²) in [4.78, 5) is 21.5. The Morgan fingerprint density at radius 1 is 0.920 bits per heavy atom. The maximum absolute atomic E-state index is 14.0. The van der Waals surface area contributed by atoms with Crippen LogP contribution in [-0.4, -0.2) is 47.3 Å². The second kappa shape index (κ2) is 7.16. The molecule has 0 bridgehead atoms. The van der Waals surface area contributed by atoms with Crippen LogP contribution in [0, 0.1) is 5.41 Å². The van der Waals surface area contributed by atoms with Crippen LogP contribution in [0.4, 0.5) is 35.1 Å². The molecule has 0 heterocycles. The van der Waals surface area contributed by atoms with Crippen LogP contribution in [-0.2, 0) is 14.3 Å². The van der Waals surface area contributed by atoms with Gasteiger partial charge in [0.25, 0.3) is 0 Å². The number of alkyl halides is 8. The van der Waals surface area contributed by atoms with Crippen molar-refractivity contribution in [3.63, 3.8) is 0 Å². The van der Waals surface area contributed by atoms with Crippen molar-refractivity contribution in [1.82, 2.24) is 0 Å². The van der Waals surface area contributed by atoms with E-state index in [0.717, 1.165) is 20.8 Å².